The Morgan fingerprint density at radius 1 is 1.14 bits per heavy atom. The van der Waals surface area contributed by atoms with Crippen molar-refractivity contribution in [3.8, 4) is 11.3 Å². The van der Waals surface area contributed by atoms with E-state index in [4.69, 9.17) is 9.15 Å². The van der Waals surface area contributed by atoms with Crippen LogP contribution in [-0.4, -0.2) is 40.4 Å². The fourth-order valence-corrected chi connectivity index (χ4v) is 3.47. The molecule has 1 aliphatic rings. The monoisotopic (exact) mass is 413 g/mol. The molecule has 7 nitrogen and oxygen atoms in total. The van der Waals surface area contributed by atoms with Crippen molar-refractivity contribution < 1.29 is 28.3 Å². The summed E-state index contributed by atoms with van der Waals surface area (Å²) in [7, 11) is 0. The maximum Gasteiger partial charge on any atom is 0.326 e. The Balaban J connectivity index is 1.74. The van der Waals surface area contributed by atoms with Crippen LogP contribution in [0.2, 0.25) is 0 Å². The molecule has 2 heterocycles. The first-order valence-corrected chi connectivity index (χ1v) is 9.72. The quantitative estimate of drug-likeness (QED) is 0.399. The number of hydrogen-bond acceptors (Lipinski definition) is 7. The Morgan fingerprint density at radius 3 is 2.45 bits per heavy atom. The molecule has 0 saturated carbocycles. The minimum Gasteiger partial charge on any atom is -0.462 e. The number of carbonyl (C=O) groups is 4. The lowest BCUT2D eigenvalue weighted by atomic mass is 10.1. The summed E-state index contributed by atoms with van der Waals surface area (Å²) in [6, 6.07) is 10.4. The van der Waals surface area contributed by atoms with Crippen molar-refractivity contribution >= 4 is 40.7 Å². The molecule has 0 spiro atoms. The number of esters is 1. The number of imide groups is 1. The highest BCUT2D eigenvalue weighted by Gasteiger charge is 2.37. The maximum atomic E-state index is 12.5. The van der Waals surface area contributed by atoms with Crippen LogP contribution in [-0.2, 0) is 14.3 Å². The standard InChI is InChI=1S/C21H19NO6S/c1-12(2)27-19(24)11-22-20(25)18(29-21(22)26)10-16-8-9-17(28-16)15-6-4-14(5-7-15)13(3)23/h4-10,12H,11H2,1-3H3/b18-10-. The maximum absolute atomic E-state index is 12.5. The molecule has 0 aliphatic carbocycles. The molecule has 1 aromatic heterocycles. The average molecular weight is 413 g/mol. The van der Waals surface area contributed by atoms with Gasteiger partial charge in [-0.3, -0.25) is 24.1 Å². The highest BCUT2D eigenvalue weighted by molar-refractivity contribution is 8.18. The normalized spacial score (nSPS) is 15.4. The Kier molecular flexibility index (Phi) is 6.03. The third-order valence-electron chi connectivity index (χ3n) is 4.00. The fourth-order valence-electron chi connectivity index (χ4n) is 2.65. The van der Waals surface area contributed by atoms with Gasteiger partial charge in [0.15, 0.2) is 5.78 Å². The van der Waals surface area contributed by atoms with Gasteiger partial charge in [-0.15, -0.1) is 0 Å². The number of amides is 2. The molecule has 1 aliphatic heterocycles. The van der Waals surface area contributed by atoms with Crippen LogP contribution >= 0.6 is 11.8 Å². The summed E-state index contributed by atoms with van der Waals surface area (Å²) in [5.41, 5.74) is 1.38. The van der Waals surface area contributed by atoms with Crippen LogP contribution < -0.4 is 0 Å². The third kappa shape index (κ3) is 4.83. The van der Waals surface area contributed by atoms with Crippen molar-refractivity contribution in [1.29, 1.82) is 0 Å². The molecule has 2 amide bonds. The predicted octanol–water partition coefficient (Wildman–Crippen LogP) is 4.14. The van der Waals surface area contributed by atoms with Gasteiger partial charge in [0.1, 0.15) is 18.1 Å². The summed E-state index contributed by atoms with van der Waals surface area (Å²) in [6.07, 6.45) is 1.13. The summed E-state index contributed by atoms with van der Waals surface area (Å²) >= 11 is 0.741. The molecule has 0 unspecified atom stereocenters. The van der Waals surface area contributed by atoms with E-state index in [9.17, 15) is 19.2 Å². The van der Waals surface area contributed by atoms with Gasteiger partial charge in [-0.25, -0.2) is 0 Å². The highest BCUT2D eigenvalue weighted by Crippen LogP contribution is 2.33. The molecule has 2 aromatic rings. The number of benzene rings is 1. The molecular weight excluding hydrogens is 394 g/mol. The van der Waals surface area contributed by atoms with E-state index < -0.39 is 23.7 Å². The van der Waals surface area contributed by atoms with E-state index in [1.54, 1.807) is 50.2 Å². The summed E-state index contributed by atoms with van der Waals surface area (Å²) in [5, 5.41) is -0.534. The van der Waals surface area contributed by atoms with E-state index in [2.05, 4.69) is 0 Å². The Labute approximate surface area is 171 Å². The number of furan rings is 1. The molecule has 1 aromatic carbocycles. The van der Waals surface area contributed by atoms with Crippen LogP contribution in [0, 0.1) is 0 Å². The third-order valence-corrected chi connectivity index (χ3v) is 4.91. The van der Waals surface area contributed by atoms with Gasteiger partial charge in [0.2, 0.25) is 0 Å². The van der Waals surface area contributed by atoms with Crippen molar-refractivity contribution in [2.45, 2.75) is 26.9 Å². The minimum absolute atomic E-state index is 0.0234. The first-order chi connectivity index (χ1) is 13.7. The molecule has 1 fully saturated rings. The average Bonchev–Trinajstić information content (AvgIpc) is 3.22. The van der Waals surface area contributed by atoms with Gasteiger partial charge >= 0.3 is 5.97 Å². The molecule has 1 saturated heterocycles. The van der Waals surface area contributed by atoms with Crippen LogP contribution in [0.1, 0.15) is 36.9 Å². The summed E-state index contributed by atoms with van der Waals surface area (Å²) in [5.74, 6) is -0.274. The van der Waals surface area contributed by atoms with Gasteiger partial charge < -0.3 is 9.15 Å². The van der Waals surface area contributed by atoms with Gasteiger partial charge in [-0.2, -0.15) is 0 Å². The number of ketones is 1. The number of rotatable bonds is 6. The van der Waals surface area contributed by atoms with E-state index in [1.807, 2.05) is 0 Å². The van der Waals surface area contributed by atoms with Gasteiger partial charge in [-0.05, 0) is 44.7 Å². The lowest BCUT2D eigenvalue weighted by Gasteiger charge is -2.13. The van der Waals surface area contributed by atoms with E-state index >= 15 is 0 Å². The largest absolute Gasteiger partial charge is 0.462 e. The number of hydrogen-bond donors (Lipinski definition) is 0. The van der Waals surface area contributed by atoms with E-state index in [1.165, 1.54) is 13.0 Å². The Hall–Kier alpha value is -3.13. The fraction of sp³-hybridized carbons (Fsp3) is 0.238. The lowest BCUT2D eigenvalue weighted by molar-refractivity contribution is -0.149. The van der Waals surface area contributed by atoms with E-state index in [0.29, 0.717) is 17.1 Å². The molecule has 150 valence electrons. The first kappa shape index (κ1) is 20.6. The molecule has 29 heavy (non-hydrogen) atoms. The van der Waals surface area contributed by atoms with Gasteiger partial charge in [0.25, 0.3) is 11.1 Å². The molecule has 0 radical (unpaired) electrons. The number of thioether (sulfide) groups is 1. The molecule has 3 rings (SSSR count). The Morgan fingerprint density at radius 2 is 1.83 bits per heavy atom. The number of ether oxygens (including phenoxy) is 1. The van der Waals surface area contributed by atoms with Gasteiger partial charge in [-0.1, -0.05) is 24.3 Å². The molecule has 8 heteroatoms. The summed E-state index contributed by atoms with van der Waals surface area (Å²) in [4.78, 5) is 48.7. The topological polar surface area (TPSA) is 93.9 Å². The Bertz CT molecular complexity index is 1000. The smallest absolute Gasteiger partial charge is 0.326 e. The van der Waals surface area contributed by atoms with Crippen LogP contribution in [0.4, 0.5) is 4.79 Å². The highest BCUT2D eigenvalue weighted by atomic mass is 32.2. The van der Waals surface area contributed by atoms with Gasteiger partial charge in [0.05, 0.1) is 11.0 Å². The zero-order valence-corrected chi connectivity index (χ0v) is 16.9. The summed E-state index contributed by atoms with van der Waals surface area (Å²) in [6.45, 7) is 4.45. The second-order valence-electron chi connectivity index (χ2n) is 6.64. The first-order valence-electron chi connectivity index (χ1n) is 8.90. The predicted molar refractivity (Wildman–Crippen MR) is 108 cm³/mol. The van der Waals surface area contributed by atoms with Crippen LogP contribution in [0.25, 0.3) is 17.4 Å². The lowest BCUT2D eigenvalue weighted by Crippen LogP contribution is -2.35. The molecule has 0 N–H and O–H groups in total. The van der Waals surface area contributed by atoms with Crippen LogP contribution in [0.5, 0.6) is 0 Å². The second kappa shape index (κ2) is 8.48. The van der Waals surface area contributed by atoms with Crippen molar-refractivity contribution in [3.05, 3.63) is 52.6 Å². The minimum atomic E-state index is -0.641. The SMILES string of the molecule is CC(=O)c1ccc(-c2ccc(/C=C3\SC(=O)N(CC(=O)OC(C)C)C3=O)o2)cc1. The van der Waals surface area contributed by atoms with Crippen molar-refractivity contribution in [2.75, 3.05) is 6.54 Å². The zero-order chi connectivity index (χ0) is 21.1. The number of nitrogens with zero attached hydrogens (tertiary/aromatic N) is 1. The van der Waals surface area contributed by atoms with E-state index in [0.717, 1.165) is 22.2 Å². The molecule has 0 bridgehead atoms. The second-order valence-corrected chi connectivity index (χ2v) is 7.64. The molecule has 0 atom stereocenters. The van der Waals surface area contributed by atoms with Crippen molar-refractivity contribution in [1.82, 2.24) is 4.90 Å². The number of Topliss-reactive ketones (excluding diaryl/α,β-unsaturated/α-hetero) is 1. The van der Waals surface area contributed by atoms with Crippen molar-refractivity contribution in [3.63, 3.8) is 0 Å². The summed E-state index contributed by atoms with van der Waals surface area (Å²) < 4.78 is 10.7. The molecular formula is C21H19NO6S. The van der Waals surface area contributed by atoms with Crippen molar-refractivity contribution in [2.24, 2.45) is 0 Å². The zero-order valence-electron chi connectivity index (χ0n) is 16.1. The number of carbonyl (C=O) groups excluding carboxylic acids is 4. The van der Waals surface area contributed by atoms with E-state index in [-0.39, 0.29) is 16.8 Å². The van der Waals surface area contributed by atoms with Crippen LogP contribution in [0.15, 0.2) is 45.7 Å². The van der Waals surface area contributed by atoms with Crippen LogP contribution in [0.3, 0.4) is 0 Å². The van der Waals surface area contributed by atoms with Gasteiger partial charge in [0, 0.05) is 17.2 Å².